The van der Waals surface area contributed by atoms with Gasteiger partial charge in [-0.3, -0.25) is 0 Å². The van der Waals surface area contributed by atoms with Crippen molar-refractivity contribution in [2.24, 2.45) is 5.92 Å². The van der Waals surface area contributed by atoms with E-state index >= 15 is 0 Å². The maximum absolute atomic E-state index is 12.1. The fraction of sp³-hybridized carbons (Fsp3) is 0.429. The number of urea groups is 1. The number of benzene rings is 1. The van der Waals surface area contributed by atoms with Gasteiger partial charge in [0.15, 0.2) is 0 Å². The Labute approximate surface area is 127 Å². The lowest BCUT2D eigenvalue weighted by atomic mass is 9.99. The lowest BCUT2D eigenvalue weighted by molar-refractivity contribution is 0.0697. The molecule has 0 bridgehead atoms. The zero-order valence-electron chi connectivity index (χ0n) is 11.4. The van der Waals surface area contributed by atoms with Crippen molar-refractivity contribution >= 4 is 29.3 Å². The molecule has 1 atom stereocenters. The van der Waals surface area contributed by atoms with Crippen LogP contribution in [0.25, 0.3) is 0 Å². The lowest BCUT2D eigenvalue weighted by Gasteiger charge is -2.31. The van der Waals surface area contributed by atoms with E-state index in [4.69, 9.17) is 21.8 Å². The van der Waals surface area contributed by atoms with Crippen LogP contribution in [0.2, 0.25) is 5.02 Å². The molecule has 1 fully saturated rings. The molecule has 1 aliphatic rings. The van der Waals surface area contributed by atoms with Gasteiger partial charge in [-0.15, -0.1) is 0 Å². The maximum Gasteiger partial charge on any atom is 0.337 e. The highest BCUT2D eigenvalue weighted by Crippen LogP contribution is 2.22. The van der Waals surface area contributed by atoms with E-state index in [1.807, 2.05) is 0 Å². The Kier molecular flexibility index (Phi) is 5.03. The molecule has 1 unspecified atom stereocenters. The number of aliphatic hydroxyl groups excluding tert-OH is 1. The number of rotatable bonds is 3. The molecule has 1 aromatic rings. The largest absolute Gasteiger partial charge is 0.478 e. The maximum atomic E-state index is 12.1. The van der Waals surface area contributed by atoms with Crippen LogP contribution in [0.15, 0.2) is 18.2 Å². The van der Waals surface area contributed by atoms with Crippen molar-refractivity contribution in [1.82, 2.24) is 4.90 Å². The predicted octanol–water partition coefficient (Wildman–Crippen LogP) is 2.27. The van der Waals surface area contributed by atoms with Gasteiger partial charge < -0.3 is 20.4 Å². The topological polar surface area (TPSA) is 89.9 Å². The van der Waals surface area contributed by atoms with Gasteiger partial charge in [-0.25, -0.2) is 9.59 Å². The molecule has 1 saturated heterocycles. The highest BCUT2D eigenvalue weighted by atomic mass is 35.5. The van der Waals surface area contributed by atoms with Crippen LogP contribution >= 0.6 is 11.6 Å². The first-order valence-corrected chi connectivity index (χ1v) is 7.08. The summed E-state index contributed by atoms with van der Waals surface area (Å²) in [5.41, 5.74) is 0.439. The Bertz CT molecular complexity index is 550. The molecule has 0 saturated carbocycles. The summed E-state index contributed by atoms with van der Waals surface area (Å²) in [7, 11) is 0. The van der Waals surface area contributed by atoms with Crippen LogP contribution < -0.4 is 5.32 Å². The van der Waals surface area contributed by atoms with Crippen LogP contribution in [0.1, 0.15) is 23.2 Å². The lowest BCUT2D eigenvalue weighted by Crippen LogP contribution is -2.43. The molecule has 21 heavy (non-hydrogen) atoms. The number of aliphatic hydroxyl groups is 1. The normalized spacial score (nSPS) is 18.4. The van der Waals surface area contributed by atoms with E-state index in [2.05, 4.69) is 5.32 Å². The first kappa shape index (κ1) is 15.6. The second-order valence-electron chi connectivity index (χ2n) is 5.07. The molecule has 0 aliphatic carbocycles. The molecule has 1 heterocycles. The van der Waals surface area contributed by atoms with Gasteiger partial charge in [-0.05, 0) is 37.0 Å². The number of nitrogens with zero attached hydrogens (tertiary/aromatic N) is 1. The molecule has 0 spiro atoms. The number of amides is 2. The number of likely N-dealkylation sites (tertiary alicyclic amines) is 1. The smallest absolute Gasteiger partial charge is 0.337 e. The number of nitrogens with one attached hydrogen (secondary N) is 1. The van der Waals surface area contributed by atoms with Gasteiger partial charge in [0.1, 0.15) is 0 Å². The molecule has 0 aromatic heterocycles. The predicted molar refractivity (Wildman–Crippen MR) is 78.8 cm³/mol. The van der Waals surface area contributed by atoms with E-state index < -0.39 is 5.97 Å². The van der Waals surface area contributed by atoms with Gasteiger partial charge in [0, 0.05) is 25.4 Å². The average molecular weight is 313 g/mol. The van der Waals surface area contributed by atoms with Crippen molar-refractivity contribution in [1.29, 1.82) is 0 Å². The van der Waals surface area contributed by atoms with E-state index in [1.165, 1.54) is 18.2 Å². The van der Waals surface area contributed by atoms with Gasteiger partial charge in [0.2, 0.25) is 0 Å². The summed E-state index contributed by atoms with van der Waals surface area (Å²) >= 11 is 5.86. The van der Waals surface area contributed by atoms with Crippen molar-refractivity contribution in [3.8, 4) is 0 Å². The van der Waals surface area contributed by atoms with E-state index in [0.717, 1.165) is 12.8 Å². The fourth-order valence-corrected chi connectivity index (χ4v) is 2.63. The van der Waals surface area contributed by atoms with Crippen molar-refractivity contribution in [2.45, 2.75) is 12.8 Å². The zero-order chi connectivity index (χ0) is 15.4. The fourth-order valence-electron chi connectivity index (χ4n) is 2.37. The number of halogens is 1. The summed E-state index contributed by atoms with van der Waals surface area (Å²) < 4.78 is 0. The minimum atomic E-state index is -1.11. The van der Waals surface area contributed by atoms with Crippen molar-refractivity contribution < 1.29 is 19.8 Å². The third-order valence-corrected chi connectivity index (χ3v) is 3.83. The molecule has 114 valence electrons. The Hall–Kier alpha value is -1.79. The molecule has 7 heteroatoms. The monoisotopic (exact) mass is 312 g/mol. The summed E-state index contributed by atoms with van der Waals surface area (Å²) in [6.45, 7) is 1.23. The van der Waals surface area contributed by atoms with Gasteiger partial charge in [0.05, 0.1) is 10.6 Å². The van der Waals surface area contributed by atoms with Crippen LogP contribution in [0, 0.1) is 5.92 Å². The number of hydrogen-bond donors (Lipinski definition) is 3. The number of carboxylic acid groups (broad SMARTS) is 1. The summed E-state index contributed by atoms with van der Waals surface area (Å²) in [4.78, 5) is 24.6. The van der Waals surface area contributed by atoms with Crippen molar-refractivity contribution in [3.05, 3.63) is 28.8 Å². The van der Waals surface area contributed by atoms with Crippen molar-refractivity contribution in [3.63, 3.8) is 0 Å². The van der Waals surface area contributed by atoms with Crippen LogP contribution in [-0.2, 0) is 0 Å². The molecule has 1 aliphatic heterocycles. The number of carbonyl (C=O) groups excluding carboxylic acids is 1. The van der Waals surface area contributed by atoms with Crippen LogP contribution in [-0.4, -0.2) is 46.8 Å². The third kappa shape index (κ3) is 3.86. The highest BCUT2D eigenvalue weighted by molar-refractivity contribution is 6.33. The molecule has 2 rings (SSSR count). The first-order valence-electron chi connectivity index (χ1n) is 6.71. The van der Waals surface area contributed by atoms with Crippen LogP contribution in [0.4, 0.5) is 10.5 Å². The molecular weight excluding hydrogens is 296 g/mol. The summed E-state index contributed by atoms with van der Waals surface area (Å²) in [5.74, 6) is -0.998. The van der Waals surface area contributed by atoms with E-state index in [1.54, 1.807) is 4.90 Å². The highest BCUT2D eigenvalue weighted by Gasteiger charge is 2.23. The summed E-state index contributed by atoms with van der Waals surface area (Å²) in [6.07, 6.45) is 1.77. The number of carbonyl (C=O) groups is 2. The standard InChI is InChI=1S/C14H17ClN2O4/c15-12-6-10(3-4-11(12)13(19)20)16-14(21)17-5-1-2-9(7-17)8-18/h3-4,6,9,18H,1-2,5,7-8H2,(H,16,21)(H,19,20). The third-order valence-electron chi connectivity index (χ3n) is 3.52. The number of hydrogen-bond acceptors (Lipinski definition) is 3. The SMILES string of the molecule is O=C(O)c1ccc(NC(=O)N2CCCC(CO)C2)cc1Cl. The van der Waals surface area contributed by atoms with Gasteiger partial charge >= 0.3 is 12.0 Å². The quantitative estimate of drug-likeness (QED) is 0.798. The second kappa shape index (κ2) is 6.78. The van der Waals surface area contributed by atoms with E-state index in [-0.39, 0.29) is 29.1 Å². The Balaban J connectivity index is 2.02. The van der Waals surface area contributed by atoms with Crippen LogP contribution in [0.3, 0.4) is 0 Å². The summed E-state index contributed by atoms with van der Waals surface area (Å²) in [6, 6.07) is 4.00. The zero-order valence-corrected chi connectivity index (χ0v) is 12.1. The number of aromatic carboxylic acids is 1. The average Bonchev–Trinajstić information content (AvgIpc) is 2.47. The van der Waals surface area contributed by atoms with Crippen molar-refractivity contribution in [2.75, 3.05) is 25.0 Å². The van der Waals surface area contributed by atoms with Gasteiger partial charge in [-0.1, -0.05) is 11.6 Å². The van der Waals surface area contributed by atoms with Crippen LogP contribution in [0.5, 0.6) is 0 Å². The molecule has 1 aromatic carbocycles. The van der Waals surface area contributed by atoms with Gasteiger partial charge in [-0.2, -0.15) is 0 Å². The number of carboxylic acids is 1. The first-order chi connectivity index (χ1) is 10.0. The Morgan fingerprint density at radius 1 is 1.43 bits per heavy atom. The van der Waals surface area contributed by atoms with Gasteiger partial charge in [0.25, 0.3) is 0 Å². The summed E-state index contributed by atoms with van der Waals surface area (Å²) in [5, 5.41) is 20.8. The molecule has 2 amide bonds. The minimum absolute atomic E-state index is 0.00650. The molecular formula is C14H17ClN2O4. The van der Waals surface area contributed by atoms with E-state index in [0.29, 0.717) is 18.8 Å². The molecule has 3 N–H and O–H groups in total. The van der Waals surface area contributed by atoms with E-state index in [9.17, 15) is 9.59 Å². The number of anilines is 1. The number of piperidine rings is 1. The second-order valence-corrected chi connectivity index (χ2v) is 5.47. The molecule has 0 radical (unpaired) electrons. The Morgan fingerprint density at radius 3 is 2.81 bits per heavy atom. The Morgan fingerprint density at radius 2 is 2.19 bits per heavy atom. The minimum Gasteiger partial charge on any atom is -0.478 e. The molecule has 6 nitrogen and oxygen atoms in total.